The van der Waals surface area contributed by atoms with Gasteiger partial charge in [0.1, 0.15) is 5.82 Å². The zero-order valence-corrected chi connectivity index (χ0v) is 10.9. The third-order valence-corrected chi connectivity index (χ3v) is 2.82. The lowest BCUT2D eigenvalue weighted by Gasteiger charge is -2.25. The molecule has 0 heterocycles. The van der Waals surface area contributed by atoms with Crippen LogP contribution in [0.15, 0.2) is 12.1 Å². The van der Waals surface area contributed by atoms with Gasteiger partial charge in [-0.25, -0.2) is 8.78 Å². The number of hydrogen-bond acceptors (Lipinski definition) is 3. The van der Waals surface area contributed by atoms with Crippen molar-refractivity contribution in [2.75, 3.05) is 13.7 Å². The van der Waals surface area contributed by atoms with Gasteiger partial charge >= 0.3 is 0 Å². The van der Waals surface area contributed by atoms with E-state index < -0.39 is 11.6 Å². The summed E-state index contributed by atoms with van der Waals surface area (Å²) < 4.78 is 31.8. The van der Waals surface area contributed by atoms with Gasteiger partial charge in [-0.2, -0.15) is 0 Å². The molecule has 1 aromatic rings. The number of hydrogen-bond donors (Lipinski definition) is 2. The number of methoxy groups -OCH3 is 1. The zero-order chi connectivity index (χ0) is 13.8. The van der Waals surface area contributed by atoms with Crippen LogP contribution in [0.4, 0.5) is 8.78 Å². The quantitative estimate of drug-likeness (QED) is 0.823. The summed E-state index contributed by atoms with van der Waals surface area (Å²) in [5.74, 6) is -1.21. The molecule has 102 valence electrons. The van der Waals surface area contributed by atoms with Crippen molar-refractivity contribution in [3.63, 3.8) is 0 Å². The number of halogens is 2. The Morgan fingerprint density at radius 3 is 2.50 bits per heavy atom. The van der Waals surface area contributed by atoms with Crippen molar-refractivity contribution in [1.82, 2.24) is 5.32 Å². The monoisotopic (exact) mass is 259 g/mol. The second kappa shape index (κ2) is 6.11. The molecule has 1 aromatic carbocycles. The Morgan fingerprint density at radius 2 is 1.94 bits per heavy atom. The summed E-state index contributed by atoms with van der Waals surface area (Å²) in [5, 5.41) is 11.9. The largest absolute Gasteiger partial charge is 0.494 e. The Labute approximate surface area is 106 Å². The third kappa shape index (κ3) is 3.92. The van der Waals surface area contributed by atoms with E-state index in [4.69, 9.17) is 9.84 Å². The van der Waals surface area contributed by atoms with Gasteiger partial charge in [0, 0.05) is 30.3 Å². The number of rotatable bonds is 6. The summed E-state index contributed by atoms with van der Waals surface area (Å²) in [4.78, 5) is 0. The van der Waals surface area contributed by atoms with E-state index in [9.17, 15) is 8.78 Å². The molecule has 0 radical (unpaired) electrons. The molecule has 5 heteroatoms. The van der Waals surface area contributed by atoms with Crippen LogP contribution in [0.1, 0.15) is 25.8 Å². The number of aliphatic hydroxyl groups excluding tert-OH is 1. The topological polar surface area (TPSA) is 41.5 Å². The van der Waals surface area contributed by atoms with Crippen molar-refractivity contribution in [3.8, 4) is 5.75 Å². The van der Waals surface area contributed by atoms with Gasteiger partial charge in [-0.3, -0.25) is 0 Å². The predicted molar refractivity (Wildman–Crippen MR) is 65.5 cm³/mol. The summed E-state index contributed by atoms with van der Waals surface area (Å²) >= 11 is 0. The molecule has 3 nitrogen and oxygen atoms in total. The van der Waals surface area contributed by atoms with Gasteiger partial charge in [0.25, 0.3) is 0 Å². The minimum atomic E-state index is -0.587. The fourth-order valence-corrected chi connectivity index (χ4v) is 1.56. The molecule has 0 aliphatic heterocycles. The number of ether oxygens (including phenoxy) is 1. The van der Waals surface area contributed by atoms with E-state index in [0.717, 1.165) is 12.1 Å². The number of aliphatic hydroxyl groups is 1. The van der Waals surface area contributed by atoms with Crippen LogP contribution in [0.5, 0.6) is 5.75 Å². The van der Waals surface area contributed by atoms with Crippen molar-refractivity contribution in [2.24, 2.45) is 0 Å². The van der Waals surface area contributed by atoms with Crippen molar-refractivity contribution in [2.45, 2.75) is 32.4 Å². The van der Waals surface area contributed by atoms with E-state index in [0.29, 0.717) is 6.42 Å². The fourth-order valence-electron chi connectivity index (χ4n) is 1.56. The normalized spacial score (nSPS) is 11.7. The average molecular weight is 259 g/mol. The number of benzene rings is 1. The Morgan fingerprint density at radius 1 is 1.28 bits per heavy atom. The van der Waals surface area contributed by atoms with Gasteiger partial charge in [0.05, 0.1) is 7.11 Å². The first kappa shape index (κ1) is 14.9. The lowest BCUT2D eigenvalue weighted by Crippen LogP contribution is -2.39. The van der Waals surface area contributed by atoms with Crippen LogP contribution in [-0.2, 0) is 6.54 Å². The van der Waals surface area contributed by atoms with Crippen LogP contribution in [0.25, 0.3) is 0 Å². The van der Waals surface area contributed by atoms with Crippen molar-refractivity contribution in [1.29, 1.82) is 0 Å². The zero-order valence-electron chi connectivity index (χ0n) is 10.9. The van der Waals surface area contributed by atoms with Gasteiger partial charge in [-0.15, -0.1) is 0 Å². The SMILES string of the molecule is COc1cc(F)c(CNC(C)(C)CCO)cc1F. The summed E-state index contributed by atoms with van der Waals surface area (Å²) in [7, 11) is 1.29. The smallest absolute Gasteiger partial charge is 0.165 e. The molecule has 0 saturated carbocycles. The highest BCUT2D eigenvalue weighted by atomic mass is 19.1. The molecule has 1 rings (SSSR count). The van der Waals surface area contributed by atoms with Crippen LogP contribution >= 0.6 is 0 Å². The Balaban J connectivity index is 2.77. The Hall–Kier alpha value is -1.20. The maximum atomic E-state index is 13.6. The molecule has 0 atom stereocenters. The van der Waals surface area contributed by atoms with Gasteiger partial charge in [0.15, 0.2) is 11.6 Å². The molecule has 0 amide bonds. The van der Waals surface area contributed by atoms with Crippen LogP contribution in [-0.4, -0.2) is 24.4 Å². The average Bonchev–Trinajstić information content (AvgIpc) is 2.29. The summed E-state index contributed by atoms with van der Waals surface area (Å²) in [6, 6.07) is 2.15. The van der Waals surface area contributed by atoms with Crippen molar-refractivity contribution < 1.29 is 18.6 Å². The minimum Gasteiger partial charge on any atom is -0.494 e. The molecule has 0 unspecified atom stereocenters. The van der Waals surface area contributed by atoms with Crippen LogP contribution in [0.3, 0.4) is 0 Å². The molecule has 0 spiro atoms. The van der Waals surface area contributed by atoms with Crippen LogP contribution < -0.4 is 10.1 Å². The van der Waals surface area contributed by atoms with Gasteiger partial charge in [-0.05, 0) is 26.3 Å². The molecule has 18 heavy (non-hydrogen) atoms. The van der Waals surface area contributed by atoms with E-state index in [-0.39, 0.29) is 30.0 Å². The number of nitrogens with one attached hydrogen (secondary N) is 1. The van der Waals surface area contributed by atoms with E-state index >= 15 is 0 Å². The van der Waals surface area contributed by atoms with Gasteiger partial charge < -0.3 is 15.2 Å². The second-order valence-electron chi connectivity index (χ2n) is 4.79. The highest BCUT2D eigenvalue weighted by Crippen LogP contribution is 2.21. The lowest BCUT2D eigenvalue weighted by atomic mass is 10.0. The molecule has 0 bridgehead atoms. The highest BCUT2D eigenvalue weighted by Gasteiger charge is 2.17. The van der Waals surface area contributed by atoms with E-state index in [2.05, 4.69) is 5.32 Å². The molecule has 0 fully saturated rings. The predicted octanol–water partition coefficient (Wildman–Crippen LogP) is 2.22. The van der Waals surface area contributed by atoms with E-state index in [1.807, 2.05) is 13.8 Å². The second-order valence-corrected chi connectivity index (χ2v) is 4.79. The highest BCUT2D eigenvalue weighted by molar-refractivity contribution is 5.30. The van der Waals surface area contributed by atoms with E-state index in [1.165, 1.54) is 7.11 Å². The van der Waals surface area contributed by atoms with Crippen LogP contribution in [0, 0.1) is 11.6 Å². The lowest BCUT2D eigenvalue weighted by molar-refractivity contribution is 0.229. The molecule has 0 aliphatic rings. The fraction of sp³-hybridized carbons (Fsp3) is 0.538. The summed E-state index contributed by atoms with van der Waals surface area (Å²) in [5.41, 5.74) is -0.100. The van der Waals surface area contributed by atoms with Gasteiger partial charge in [0.2, 0.25) is 0 Å². The first-order chi connectivity index (χ1) is 8.39. The summed E-state index contributed by atoms with van der Waals surface area (Å²) in [6.07, 6.45) is 0.535. The summed E-state index contributed by atoms with van der Waals surface area (Å²) in [6.45, 7) is 4.02. The molecule has 0 saturated heterocycles. The first-order valence-electron chi connectivity index (χ1n) is 5.77. The van der Waals surface area contributed by atoms with E-state index in [1.54, 1.807) is 0 Å². The molecule has 2 N–H and O–H groups in total. The molecular formula is C13H19F2NO2. The Bertz CT molecular complexity index is 408. The first-order valence-corrected chi connectivity index (χ1v) is 5.77. The maximum Gasteiger partial charge on any atom is 0.165 e. The maximum absolute atomic E-state index is 13.6. The van der Waals surface area contributed by atoms with Gasteiger partial charge in [-0.1, -0.05) is 0 Å². The molecule has 0 aliphatic carbocycles. The molecular weight excluding hydrogens is 240 g/mol. The third-order valence-electron chi connectivity index (χ3n) is 2.82. The van der Waals surface area contributed by atoms with Crippen molar-refractivity contribution in [3.05, 3.63) is 29.3 Å². The van der Waals surface area contributed by atoms with Crippen molar-refractivity contribution >= 4 is 0 Å². The molecule has 0 aromatic heterocycles. The standard InChI is InChI=1S/C13H19F2NO2/c1-13(2,4-5-17)16-8-9-6-11(15)12(18-3)7-10(9)14/h6-7,16-17H,4-5,8H2,1-3H3. The Kier molecular flexibility index (Phi) is 5.04. The van der Waals surface area contributed by atoms with Crippen LogP contribution in [0.2, 0.25) is 0 Å². The minimum absolute atomic E-state index is 0.0411.